The van der Waals surface area contributed by atoms with Crippen molar-refractivity contribution in [2.45, 2.75) is 59.7 Å². The van der Waals surface area contributed by atoms with Crippen LogP contribution in [0.4, 0.5) is 4.79 Å². The lowest BCUT2D eigenvalue weighted by atomic mass is 10.1. The zero-order chi connectivity index (χ0) is 19.6. The lowest BCUT2D eigenvalue weighted by Gasteiger charge is -2.19. The number of nitrogens with zero attached hydrogens (tertiary/aromatic N) is 1. The van der Waals surface area contributed by atoms with Gasteiger partial charge in [0.1, 0.15) is 5.60 Å². The SMILES string of the molecule is CCN(CC)Cc1ccc(CNC(=O)CCNC(=O)OC(C)(C)C)cc1. The Hall–Kier alpha value is -2.08. The maximum Gasteiger partial charge on any atom is 0.407 e. The fourth-order valence-electron chi connectivity index (χ4n) is 2.35. The number of alkyl carbamates (subject to hydrolysis) is 1. The first-order chi connectivity index (χ1) is 12.2. The summed E-state index contributed by atoms with van der Waals surface area (Å²) in [6.07, 6.45) is -0.284. The second kappa shape index (κ2) is 10.8. The highest BCUT2D eigenvalue weighted by atomic mass is 16.6. The van der Waals surface area contributed by atoms with E-state index >= 15 is 0 Å². The highest BCUT2D eigenvalue weighted by Crippen LogP contribution is 2.08. The van der Waals surface area contributed by atoms with Crippen LogP contribution < -0.4 is 10.6 Å². The van der Waals surface area contributed by atoms with Gasteiger partial charge in [-0.25, -0.2) is 4.79 Å². The van der Waals surface area contributed by atoms with E-state index in [0.717, 1.165) is 25.2 Å². The predicted molar refractivity (Wildman–Crippen MR) is 104 cm³/mol. The number of hydrogen-bond donors (Lipinski definition) is 2. The minimum atomic E-state index is -0.538. The van der Waals surface area contributed by atoms with Crippen molar-refractivity contribution >= 4 is 12.0 Å². The smallest absolute Gasteiger partial charge is 0.407 e. The normalized spacial score (nSPS) is 11.3. The van der Waals surface area contributed by atoms with E-state index in [1.165, 1.54) is 5.56 Å². The van der Waals surface area contributed by atoms with Gasteiger partial charge in [-0.2, -0.15) is 0 Å². The summed E-state index contributed by atoms with van der Waals surface area (Å²) >= 11 is 0. The first-order valence-corrected chi connectivity index (χ1v) is 9.27. The van der Waals surface area contributed by atoms with Gasteiger partial charge in [0.05, 0.1) is 0 Å². The highest BCUT2D eigenvalue weighted by Gasteiger charge is 2.15. The zero-order valence-electron chi connectivity index (χ0n) is 16.7. The molecule has 0 aromatic heterocycles. The van der Waals surface area contributed by atoms with Crippen molar-refractivity contribution in [3.05, 3.63) is 35.4 Å². The number of amides is 2. The Morgan fingerprint density at radius 1 is 1.00 bits per heavy atom. The van der Waals surface area contributed by atoms with Gasteiger partial charge in [0.15, 0.2) is 0 Å². The van der Waals surface area contributed by atoms with E-state index in [1.54, 1.807) is 20.8 Å². The lowest BCUT2D eigenvalue weighted by molar-refractivity contribution is -0.121. The predicted octanol–water partition coefficient (Wildman–Crippen LogP) is 3.06. The van der Waals surface area contributed by atoms with Crippen molar-refractivity contribution in [2.75, 3.05) is 19.6 Å². The lowest BCUT2D eigenvalue weighted by Crippen LogP contribution is -2.35. The molecule has 1 rings (SSSR count). The van der Waals surface area contributed by atoms with Gasteiger partial charge >= 0.3 is 6.09 Å². The van der Waals surface area contributed by atoms with Crippen LogP contribution in [0.3, 0.4) is 0 Å². The molecule has 1 aromatic carbocycles. The van der Waals surface area contributed by atoms with Crippen LogP contribution in [0, 0.1) is 0 Å². The molecule has 2 N–H and O–H groups in total. The first kappa shape index (κ1) is 22.0. The van der Waals surface area contributed by atoms with Gasteiger partial charge in [-0.3, -0.25) is 9.69 Å². The molecule has 0 aliphatic rings. The van der Waals surface area contributed by atoms with Crippen molar-refractivity contribution in [3.63, 3.8) is 0 Å². The summed E-state index contributed by atoms with van der Waals surface area (Å²) in [5, 5.41) is 5.44. The fraction of sp³-hybridized carbons (Fsp3) is 0.600. The molecular weight excluding hydrogens is 330 g/mol. The Balaban J connectivity index is 2.29. The Kier molecular flexibility index (Phi) is 9.13. The minimum absolute atomic E-state index is 0.103. The number of rotatable bonds is 9. The van der Waals surface area contributed by atoms with Crippen molar-refractivity contribution in [1.29, 1.82) is 0 Å². The van der Waals surface area contributed by atoms with Gasteiger partial charge in [-0.1, -0.05) is 38.1 Å². The molecular formula is C20H33N3O3. The zero-order valence-corrected chi connectivity index (χ0v) is 16.7. The molecule has 0 radical (unpaired) electrons. The average molecular weight is 364 g/mol. The molecule has 0 saturated heterocycles. The summed E-state index contributed by atoms with van der Waals surface area (Å²) in [6.45, 7) is 13.5. The second-order valence-electron chi connectivity index (χ2n) is 7.23. The van der Waals surface area contributed by atoms with Gasteiger partial charge in [-0.15, -0.1) is 0 Å². The van der Waals surface area contributed by atoms with Crippen LogP contribution in [0.5, 0.6) is 0 Å². The number of ether oxygens (including phenoxy) is 1. The average Bonchev–Trinajstić information content (AvgIpc) is 2.57. The molecule has 0 heterocycles. The fourth-order valence-corrected chi connectivity index (χ4v) is 2.35. The molecule has 146 valence electrons. The van der Waals surface area contributed by atoms with Crippen molar-refractivity contribution < 1.29 is 14.3 Å². The summed E-state index contributed by atoms with van der Waals surface area (Å²) in [5.41, 5.74) is 1.79. The molecule has 0 bridgehead atoms. The van der Waals surface area contributed by atoms with E-state index in [1.807, 2.05) is 12.1 Å². The molecule has 0 saturated carbocycles. The number of nitrogens with one attached hydrogen (secondary N) is 2. The van der Waals surface area contributed by atoms with Crippen LogP contribution in [0.15, 0.2) is 24.3 Å². The Morgan fingerprint density at radius 3 is 2.12 bits per heavy atom. The topological polar surface area (TPSA) is 70.7 Å². The summed E-state index contributed by atoms with van der Waals surface area (Å²) in [7, 11) is 0. The van der Waals surface area contributed by atoms with E-state index in [4.69, 9.17) is 4.74 Å². The second-order valence-corrected chi connectivity index (χ2v) is 7.23. The molecule has 26 heavy (non-hydrogen) atoms. The first-order valence-electron chi connectivity index (χ1n) is 9.27. The van der Waals surface area contributed by atoms with Crippen LogP contribution in [0.25, 0.3) is 0 Å². The van der Waals surface area contributed by atoms with E-state index < -0.39 is 11.7 Å². The van der Waals surface area contributed by atoms with Crippen LogP contribution in [0.2, 0.25) is 0 Å². The van der Waals surface area contributed by atoms with Gasteiger partial charge in [0.25, 0.3) is 0 Å². The molecule has 1 aromatic rings. The van der Waals surface area contributed by atoms with Gasteiger partial charge in [0.2, 0.25) is 5.91 Å². The summed E-state index contributed by atoms with van der Waals surface area (Å²) in [4.78, 5) is 25.7. The minimum Gasteiger partial charge on any atom is -0.444 e. The molecule has 6 nitrogen and oxygen atoms in total. The Labute approximate surface area is 157 Å². The third kappa shape index (κ3) is 9.42. The van der Waals surface area contributed by atoms with Gasteiger partial charge < -0.3 is 15.4 Å². The summed E-state index contributed by atoms with van der Waals surface area (Å²) in [5.74, 6) is -0.103. The molecule has 0 spiro atoms. The number of carbonyl (C=O) groups is 2. The maximum absolute atomic E-state index is 11.9. The summed E-state index contributed by atoms with van der Waals surface area (Å²) in [6, 6.07) is 8.28. The maximum atomic E-state index is 11.9. The van der Waals surface area contributed by atoms with Crippen LogP contribution in [-0.2, 0) is 22.6 Å². The van der Waals surface area contributed by atoms with Gasteiger partial charge in [-0.05, 0) is 45.0 Å². The van der Waals surface area contributed by atoms with Crippen LogP contribution in [-0.4, -0.2) is 42.1 Å². The molecule has 6 heteroatoms. The van der Waals surface area contributed by atoms with Crippen molar-refractivity contribution in [2.24, 2.45) is 0 Å². The number of benzene rings is 1. The van der Waals surface area contributed by atoms with Crippen molar-refractivity contribution in [1.82, 2.24) is 15.5 Å². The third-order valence-corrected chi connectivity index (χ3v) is 3.83. The quantitative estimate of drug-likeness (QED) is 0.707. The molecule has 0 aliphatic heterocycles. The van der Waals surface area contributed by atoms with E-state index in [9.17, 15) is 9.59 Å². The third-order valence-electron chi connectivity index (χ3n) is 3.83. The largest absolute Gasteiger partial charge is 0.444 e. The number of hydrogen-bond acceptors (Lipinski definition) is 4. The highest BCUT2D eigenvalue weighted by molar-refractivity contribution is 5.77. The Bertz CT molecular complexity index is 561. The number of carbonyl (C=O) groups excluding carboxylic acids is 2. The van der Waals surface area contributed by atoms with Gasteiger partial charge in [0, 0.05) is 26.1 Å². The molecule has 0 atom stereocenters. The van der Waals surface area contributed by atoms with Crippen molar-refractivity contribution in [3.8, 4) is 0 Å². The van der Waals surface area contributed by atoms with E-state index in [0.29, 0.717) is 6.54 Å². The standard InChI is InChI=1S/C20H33N3O3/c1-6-23(7-2)15-17-10-8-16(9-11-17)14-22-18(24)12-13-21-19(25)26-20(3,4)5/h8-11H,6-7,12-15H2,1-5H3,(H,21,25)(H,22,24). The monoisotopic (exact) mass is 363 g/mol. The van der Waals surface area contributed by atoms with Crippen LogP contribution in [0.1, 0.15) is 52.2 Å². The molecule has 0 aliphatic carbocycles. The molecule has 0 unspecified atom stereocenters. The molecule has 2 amide bonds. The summed E-state index contributed by atoms with van der Waals surface area (Å²) < 4.78 is 5.12. The van der Waals surface area contributed by atoms with E-state index in [2.05, 4.69) is 41.5 Å². The molecule has 0 fully saturated rings. The van der Waals surface area contributed by atoms with Crippen LogP contribution >= 0.6 is 0 Å². The Morgan fingerprint density at radius 2 is 1.58 bits per heavy atom. The van der Waals surface area contributed by atoms with E-state index in [-0.39, 0.29) is 18.9 Å².